The van der Waals surface area contributed by atoms with E-state index in [9.17, 15) is 4.79 Å². The number of ether oxygens (including phenoxy) is 2. The van der Waals surface area contributed by atoms with Crippen molar-refractivity contribution in [3.63, 3.8) is 0 Å². The van der Waals surface area contributed by atoms with Crippen LogP contribution in [0.15, 0.2) is 40.9 Å². The summed E-state index contributed by atoms with van der Waals surface area (Å²) in [4.78, 5) is 12.0. The number of halogens is 1. The Hall–Kier alpha value is -2.21. The smallest absolute Gasteiger partial charge is 0.224 e. The SMILES string of the molecule is CCOc1cc(CNc2cccc(NC(=O)CC(C)C)c2)cc(Br)c1OC(C)C. The van der Waals surface area contributed by atoms with Gasteiger partial charge in [0.2, 0.25) is 5.91 Å². The second-order valence-electron chi connectivity index (χ2n) is 7.59. The summed E-state index contributed by atoms with van der Waals surface area (Å²) < 4.78 is 12.5. The molecule has 0 fully saturated rings. The third kappa shape index (κ3) is 7.61. The number of hydrogen-bond acceptors (Lipinski definition) is 4. The van der Waals surface area contributed by atoms with Crippen LogP contribution < -0.4 is 20.1 Å². The van der Waals surface area contributed by atoms with Gasteiger partial charge in [-0.05, 0) is 78.5 Å². The van der Waals surface area contributed by atoms with Gasteiger partial charge in [-0.2, -0.15) is 0 Å². The highest BCUT2D eigenvalue weighted by molar-refractivity contribution is 9.10. The summed E-state index contributed by atoms with van der Waals surface area (Å²) in [5.74, 6) is 1.81. The first-order valence-corrected chi connectivity index (χ1v) is 10.8. The number of carbonyl (C=O) groups excluding carboxylic acids is 1. The van der Waals surface area contributed by atoms with Crippen LogP contribution in [0.4, 0.5) is 11.4 Å². The van der Waals surface area contributed by atoms with E-state index in [1.165, 1.54) is 0 Å². The minimum atomic E-state index is 0.0307. The highest BCUT2D eigenvalue weighted by Crippen LogP contribution is 2.37. The fraction of sp³-hybridized carbons (Fsp3) is 0.435. The first-order valence-electron chi connectivity index (χ1n) is 10.0. The maximum Gasteiger partial charge on any atom is 0.224 e. The highest BCUT2D eigenvalue weighted by Gasteiger charge is 2.14. The molecule has 29 heavy (non-hydrogen) atoms. The molecule has 0 heterocycles. The van der Waals surface area contributed by atoms with Crippen molar-refractivity contribution in [2.45, 2.75) is 53.7 Å². The Balaban J connectivity index is 2.09. The molecule has 0 aliphatic carbocycles. The Labute approximate surface area is 182 Å². The zero-order chi connectivity index (χ0) is 21.4. The Bertz CT molecular complexity index is 822. The van der Waals surface area contributed by atoms with Crippen LogP contribution in [0.25, 0.3) is 0 Å². The van der Waals surface area contributed by atoms with Crippen LogP contribution in [-0.4, -0.2) is 18.6 Å². The van der Waals surface area contributed by atoms with Crippen molar-refractivity contribution in [1.29, 1.82) is 0 Å². The minimum absolute atomic E-state index is 0.0307. The van der Waals surface area contributed by atoms with E-state index in [4.69, 9.17) is 9.47 Å². The largest absolute Gasteiger partial charge is 0.490 e. The predicted octanol–water partition coefficient (Wildman–Crippen LogP) is 6.23. The Morgan fingerprint density at radius 3 is 2.48 bits per heavy atom. The quantitative estimate of drug-likeness (QED) is 0.439. The molecule has 0 unspecified atom stereocenters. The van der Waals surface area contributed by atoms with Gasteiger partial charge in [-0.15, -0.1) is 0 Å². The monoisotopic (exact) mass is 462 g/mol. The Morgan fingerprint density at radius 1 is 1.10 bits per heavy atom. The highest BCUT2D eigenvalue weighted by atomic mass is 79.9. The fourth-order valence-electron chi connectivity index (χ4n) is 2.83. The van der Waals surface area contributed by atoms with Crippen LogP contribution in [0, 0.1) is 5.92 Å². The average Bonchev–Trinajstić information content (AvgIpc) is 2.62. The summed E-state index contributed by atoms with van der Waals surface area (Å²) in [5, 5.41) is 6.35. The van der Waals surface area contributed by atoms with E-state index in [2.05, 4.69) is 26.6 Å². The van der Waals surface area contributed by atoms with Crippen LogP contribution >= 0.6 is 15.9 Å². The molecule has 0 spiro atoms. The number of nitrogens with one attached hydrogen (secondary N) is 2. The van der Waals surface area contributed by atoms with Gasteiger partial charge in [0.05, 0.1) is 17.2 Å². The minimum Gasteiger partial charge on any atom is -0.490 e. The molecular formula is C23H31BrN2O3. The molecule has 6 heteroatoms. The van der Waals surface area contributed by atoms with Gasteiger partial charge < -0.3 is 20.1 Å². The number of carbonyl (C=O) groups is 1. The lowest BCUT2D eigenvalue weighted by Crippen LogP contribution is -2.14. The van der Waals surface area contributed by atoms with Gasteiger partial charge in [0.15, 0.2) is 11.5 Å². The number of hydrogen-bond donors (Lipinski definition) is 2. The summed E-state index contributed by atoms with van der Waals surface area (Å²) in [6.45, 7) is 11.2. The molecule has 0 aliphatic heterocycles. The van der Waals surface area contributed by atoms with Gasteiger partial charge in [-0.25, -0.2) is 0 Å². The van der Waals surface area contributed by atoms with Crippen LogP contribution in [0.1, 0.15) is 46.6 Å². The molecule has 2 N–H and O–H groups in total. The van der Waals surface area contributed by atoms with E-state index in [0.29, 0.717) is 25.5 Å². The number of amides is 1. The normalized spacial score (nSPS) is 10.9. The first kappa shape index (κ1) is 23.1. The topological polar surface area (TPSA) is 59.6 Å². The van der Waals surface area contributed by atoms with Gasteiger partial charge in [0.25, 0.3) is 0 Å². The molecule has 5 nitrogen and oxygen atoms in total. The zero-order valence-corrected chi connectivity index (χ0v) is 19.4. The Morgan fingerprint density at radius 2 is 1.83 bits per heavy atom. The van der Waals surface area contributed by atoms with E-state index in [1.807, 2.05) is 71.0 Å². The third-order valence-corrected chi connectivity index (χ3v) is 4.55. The molecule has 158 valence electrons. The van der Waals surface area contributed by atoms with Crippen molar-refractivity contribution in [1.82, 2.24) is 0 Å². The van der Waals surface area contributed by atoms with Crippen molar-refractivity contribution in [3.05, 3.63) is 46.4 Å². The van der Waals surface area contributed by atoms with E-state index < -0.39 is 0 Å². The summed E-state index contributed by atoms with van der Waals surface area (Å²) in [6, 6.07) is 11.8. The second kappa shape index (κ2) is 11.1. The summed E-state index contributed by atoms with van der Waals surface area (Å²) >= 11 is 3.60. The molecule has 0 atom stereocenters. The van der Waals surface area contributed by atoms with Gasteiger partial charge in [-0.3, -0.25) is 4.79 Å². The van der Waals surface area contributed by atoms with Gasteiger partial charge in [0.1, 0.15) is 0 Å². The fourth-order valence-corrected chi connectivity index (χ4v) is 3.41. The lowest BCUT2D eigenvalue weighted by molar-refractivity contribution is -0.116. The molecular weight excluding hydrogens is 432 g/mol. The molecule has 2 aromatic carbocycles. The lowest BCUT2D eigenvalue weighted by atomic mass is 10.1. The van der Waals surface area contributed by atoms with E-state index in [1.54, 1.807) is 0 Å². The molecule has 0 aliphatic rings. The average molecular weight is 463 g/mol. The van der Waals surface area contributed by atoms with Crippen LogP contribution in [0.3, 0.4) is 0 Å². The molecule has 0 saturated heterocycles. The molecule has 2 rings (SSSR count). The zero-order valence-electron chi connectivity index (χ0n) is 17.8. The standard InChI is InChI=1S/C23H31BrN2O3/c1-6-28-21-12-17(11-20(24)23(21)29-16(4)5)14-25-18-8-7-9-19(13-18)26-22(27)10-15(2)3/h7-9,11-13,15-16,25H,6,10,14H2,1-5H3,(H,26,27). The predicted molar refractivity (Wildman–Crippen MR) is 123 cm³/mol. The summed E-state index contributed by atoms with van der Waals surface area (Å²) in [5.41, 5.74) is 2.78. The van der Waals surface area contributed by atoms with Crippen molar-refractivity contribution < 1.29 is 14.3 Å². The first-order chi connectivity index (χ1) is 13.8. The van der Waals surface area contributed by atoms with Crippen LogP contribution in [0.5, 0.6) is 11.5 Å². The molecule has 0 saturated carbocycles. The van der Waals surface area contributed by atoms with Crippen molar-refractivity contribution >= 4 is 33.2 Å². The molecule has 2 aromatic rings. The van der Waals surface area contributed by atoms with Crippen molar-refractivity contribution in [2.75, 3.05) is 17.2 Å². The molecule has 0 bridgehead atoms. The molecule has 0 radical (unpaired) electrons. The van der Waals surface area contributed by atoms with Gasteiger partial charge in [0, 0.05) is 24.3 Å². The lowest BCUT2D eigenvalue weighted by Gasteiger charge is -2.18. The van der Waals surface area contributed by atoms with E-state index in [0.717, 1.165) is 32.9 Å². The molecule has 1 amide bonds. The second-order valence-corrected chi connectivity index (χ2v) is 8.44. The summed E-state index contributed by atoms with van der Waals surface area (Å²) in [7, 11) is 0. The number of rotatable bonds is 10. The van der Waals surface area contributed by atoms with Gasteiger partial charge in [-0.1, -0.05) is 19.9 Å². The Kier molecular flexibility index (Phi) is 8.83. The number of benzene rings is 2. The van der Waals surface area contributed by atoms with Crippen LogP contribution in [0.2, 0.25) is 0 Å². The van der Waals surface area contributed by atoms with E-state index in [-0.39, 0.29) is 12.0 Å². The third-order valence-electron chi connectivity index (χ3n) is 3.96. The van der Waals surface area contributed by atoms with E-state index >= 15 is 0 Å². The summed E-state index contributed by atoms with van der Waals surface area (Å²) in [6.07, 6.45) is 0.569. The van der Waals surface area contributed by atoms with Crippen LogP contribution in [-0.2, 0) is 11.3 Å². The maximum absolute atomic E-state index is 12.0. The van der Waals surface area contributed by atoms with Crippen molar-refractivity contribution in [3.8, 4) is 11.5 Å². The van der Waals surface area contributed by atoms with Crippen molar-refractivity contribution in [2.24, 2.45) is 5.92 Å². The molecule has 0 aromatic heterocycles. The number of anilines is 2. The maximum atomic E-state index is 12.0. The van der Waals surface area contributed by atoms with Gasteiger partial charge >= 0.3 is 0 Å².